The number of benzene rings is 3. The van der Waals surface area contributed by atoms with E-state index in [1.54, 1.807) is 4.90 Å². The number of nitrogens with one attached hydrogen (secondary N) is 1. The fraction of sp³-hybridized carbons (Fsp3) is 0.207. The molecule has 1 aliphatic rings. The summed E-state index contributed by atoms with van der Waals surface area (Å²) >= 11 is 0. The number of nitrogens with zero attached hydrogens (tertiary/aromatic N) is 2. The first-order valence-electron chi connectivity index (χ1n) is 12.0. The minimum Gasteiger partial charge on any atom is -0.339 e. The maximum Gasteiger partial charge on any atom is 0.416 e. The zero-order valence-corrected chi connectivity index (χ0v) is 19.8. The first-order valence-corrected chi connectivity index (χ1v) is 12.0. The lowest BCUT2D eigenvalue weighted by molar-refractivity contribution is -0.137. The largest absolute Gasteiger partial charge is 0.416 e. The van der Waals surface area contributed by atoms with Crippen molar-refractivity contribution in [3.63, 3.8) is 0 Å². The summed E-state index contributed by atoms with van der Waals surface area (Å²) in [7, 11) is 0. The summed E-state index contributed by atoms with van der Waals surface area (Å²) in [6.07, 6.45) is -3.50. The third-order valence-electron chi connectivity index (χ3n) is 6.65. The molecule has 0 atom stereocenters. The van der Waals surface area contributed by atoms with Crippen molar-refractivity contribution in [1.82, 2.24) is 9.88 Å². The highest BCUT2D eigenvalue weighted by Gasteiger charge is 2.31. The number of halogens is 3. The molecule has 0 saturated carbocycles. The van der Waals surface area contributed by atoms with Crippen LogP contribution in [0.25, 0.3) is 22.2 Å². The molecule has 1 saturated heterocycles. The van der Waals surface area contributed by atoms with E-state index in [0.29, 0.717) is 42.9 Å². The highest BCUT2D eigenvalue weighted by atomic mass is 19.4. The molecule has 37 heavy (non-hydrogen) atoms. The third-order valence-corrected chi connectivity index (χ3v) is 6.65. The van der Waals surface area contributed by atoms with Crippen LogP contribution in [0.4, 0.5) is 18.9 Å². The van der Waals surface area contributed by atoms with Gasteiger partial charge >= 0.3 is 6.18 Å². The van der Waals surface area contributed by atoms with Crippen molar-refractivity contribution >= 4 is 28.4 Å². The normalized spacial score (nSPS) is 14.5. The quantitative estimate of drug-likeness (QED) is 0.350. The summed E-state index contributed by atoms with van der Waals surface area (Å²) in [6, 6.07) is 23.4. The van der Waals surface area contributed by atoms with Crippen molar-refractivity contribution in [1.29, 1.82) is 0 Å². The summed E-state index contributed by atoms with van der Waals surface area (Å²) in [4.78, 5) is 32.8. The van der Waals surface area contributed by atoms with Crippen LogP contribution < -0.4 is 5.32 Å². The lowest BCUT2D eigenvalue weighted by Crippen LogP contribution is -2.41. The number of aromatic nitrogens is 1. The Morgan fingerprint density at radius 2 is 1.51 bits per heavy atom. The first-order chi connectivity index (χ1) is 17.8. The zero-order valence-electron chi connectivity index (χ0n) is 19.8. The van der Waals surface area contributed by atoms with Gasteiger partial charge in [-0.2, -0.15) is 13.2 Å². The number of likely N-dealkylation sites (tertiary alicyclic amines) is 1. The molecule has 2 amide bonds. The second kappa shape index (κ2) is 10.0. The van der Waals surface area contributed by atoms with Gasteiger partial charge < -0.3 is 10.2 Å². The molecule has 8 heteroatoms. The SMILES string of the molecule is O=C(Nc1ccc(C(F)(F)F)cc1)C1CCN(C(=O)c2cc(-c3ccccc3)nc3ccccc23)CC1. The van der Waals surface area contributed by atoms with E-state index in [1.807, 2.05) is 60.7 Å². The predicted molar refractivity (Wildman–Crippen MR) is 136 cm³/mol. The number of hydrogen-bond acceptors (Lipinski definition) is 3. The Kier molecular flexibility index (Phi) is 6.65. The van der Waals surface area contributed by atoms with E-state index in [-0.39, 0.29) is 17.7 Å². The van der Waals surface area contributed by atoms with Gasteiger partial charge in [0.05, 0.1) is 22.3 Å². The highest BCUT2D eigenvalue weighted by molar-refractivity contribution is 6.07. The van der Waals surface area contributed by atoms with E-state index < -0.39 is 11.7 Å². The lowest BCUT2D eigenvalue weighted by Gasteiger charge is -2.31. The first kappa shape index (κ1) is 24.5. The Labute approximate surface area is 211 Å². The molecule has 0 unspecified atom stereocenters. The number of rotatable bonds is 4. The van der Waals surface area contributed by atoms with Crippen molar-refractivity contribution in [2.24, 2.45) is 5.92 Å². The summed E-state index contributed by atoms with van der Waals surface area (Å²) in [5, 5.41) is 3.47. The van der Waals surface area contributed by atoms with Crippen LogP contribution in [0.15, 0.2) is 84.9 Å². The number of pyridine rings is 1. The van der Waals surface area contributed by atoms with E-state index in [4.69, 9.17) is 4.98 Å². The summed E-state index contributed by atoms with van der Waals surface area (Å²) in [5.41, 5.74) is 2.48. The molecule has 188 valence electrons. The van der Waals surface area contributed by atoms with E-state index in [2.05, 4.69) is 5.32 Å². The molecule has 1 N–H and O–H groups in total. The fourth-order valence-electron chi connectivity index (χ4n) is 4.61. The van der Waals surface area contributed by atoms with Crippen LogP contribution in [0.5, 0.6) is 0 Å². The number of amides is 2. The second-order valence-corrected chi connectivity index (χ2v) is 9.07. The maximum absolute atomic E-state index is 13.6. The van der Waals surface area contributed by atoms with Gasteiger partial charge in [0.25, 0.3) is 5.91 Å². The Hall–Kier alpha value is -4.20. The van der Waals surface area contributed by atoms with Crippen LogP contribution in [0.2, 0.25) is 0 Å². The Morgan fingerprint density at radius 1 is 0.865 bits per heavy atom. The van der Waals surface area contributed by atoms with Gasteiger partial charge in [-0.15, -0.1) is 0 Å². The van der Waals surface area contributed by atoms with Crippen molar-refractivity contribution in [2.75, 3.05) is 18.4 Å². The number of fused-ring (bicyclic) bond motifs is 1. The number of alkyl halides is 3. The minimum atomic E-state index is -4.43. The average Bonchev–Trinajstić information content (AvgIpc) is 2.92. The maximum atomic E-state index is 13.6. The molecule has 1 fully saturated rings. The van der Waals surface area contributed by atoms with Gasteiger partial charge in [0.15, 0.2) is 0 Å². The fourth-order valence-corrected chi connectivity index (χ4v) is 4.61. The number of para-hydroxylation sites is 1. The van der Waals surface area contributed by atoms with E-state index in [0.717, 1.165) is 28.6 Å². The molecule has 1 aromatic heterocycles. The summed E-state index contributed by atoms with van der Waals surface area (Å²) in [6.45, 7) is 0.808. The second-order valence-electron chi connectivity index (χ2n) is 9.07. The molecule has 0 aliphatic carbocycles. The van der Waals surface area contributed by atoms with Crippen molar-refractivity contribution in [3.8, 4) is 11.3 Å². The van der Waals surface area contributed by atoms with Crippen molar-refractivity contribution in [2.45, 2.75) is 19.0 Å². The topological polar surface area (TPSA) is 62.3 Å². The number of hydrogen-bond donors (Lipinski definition) is 1. The van der Waals surface area contributed by atoms with Gasteiger partial charge in [-0.1, -0.05) is 48.5 Å². The van der Waals surface area contributed by atoms with Crippen LogP contribution in [-0.2, 0) is 11.0 Å². The molecule has 5 rings (SSSR count). The van der Waals surface area contributed by atoms with Gasteiger partial charge in [-0.25, -0.2) is 4.98 Å². The molecular formula is C29H24F3N3O2. The standard InChI is InChI=1S/C29H24F3N3O2/c30-29(31,32)21-10-12-22(13-11-21)33-27(36)20-14-16-35(17-15-20)28(37)24-18-26(19-6-2-1-3-7-19)34-25-9-5-4-8-23(24)25/h1-13,18,20H,14-17H2,(H,33,36). The van der Waals surface area contributed by atoms with E-state index >= 15 is 0 Å². The minimum absolute atomic E-state index is 0.114. The Balaban J connectivity index is 1.28. The number of carbonyl (C=O) groups excluding carboxylic acids is 2. The lowest BCUT2D eigenvalue weighted by atomic mass is 9.94. The number of piperidine rings is 1. The number of anilines is 1. The van der Waals surface area contributed by atoms with Gasteiger partial charge in [0.1, 0.15) is 0 Å². The van der Waals surface area contributed by atoms with Gasteiger partial charge in [-0.3, -0.25) is 9.59 Å². The van der Waals surface area contributed by atoms with Crippen molar-refractivity contribution < 1.29 is 22.8 Å². The van der Waals surface area contributed by atoms with Crippen LogP contribution in [-0.4, -0.2) is 34.8 Å². The summed E-state index contributed by atoms with van der Waals surface area (Å²) in [5.74, 6) is -0.703. The monoisotopic (exact) mass is 503 g/mol. The average molecular weight is 504 g/mol. The van der Waals surface area contributed by atoms with Crippen LogP contribution in [0, 0.1) is 5.92 Å². The molecule has 0 radical (unpaired) electrons. The van der Waals surface area contributed by atoms with E-state index in [9.17, 15) is 22.8 Å². The third kappa shape index (κ3) is 5.33. The van der Waals surface area contributed by atoms with Gasteiger partial charge in [0, 0.05) is 35.6 Å². The van der Waals surface area contributed by atoms with E-state index in [1.165, 1.54) is 12.1 Å². The number of carbonyl (C=O) groups is 2. The zero-order chi connectivity index (χ0) is 26.0. The molecule has 5 nitrogen and oxygen atoms in total. The molecule has 0 spiro atoms. The van der Waals surface area contributed by atoms with Crippen LogP contribution in [0.1, 0.15) is 28.8 Å². The molecular weight excluding hydrogens is 479 g/mol. The Bertz CT molecular complexity index is 1430. The van der Waals surface area contributed by atoms with Gasteiger partial charge in [-0.05, 0) is 49.2 Å². The highest BCUT2D eigenvalue weighted by Crippen LogP contribution is 2.31. The predicted octanol–water partition coefficient (Wildman–Crippen LogP) is 6.41. The van der Waals surface area contributed by atoms with Crippen molar-refractivity contribution in [3.05, 3.63) is 96.1 Å². The molecule has 0 bridgehead atoms. The van der Waals surface area contributed by atoms with Crippen LogP contribution >= 0.6 is 0 Å². The Morgan fingerprint density at radius 3 is 2.19 bits per heavy atom. The van der Waals surface area contributed by atoms with Crippen LogP contribution in [0.3, 0.4) is 0 Å². The molecule has 4 aromatic rings. The van der Waals surface area contributed by atoms with Gasteiger partial charge in [0.2, 0.25) is 5.91 Å². The smallest absolute Gasteiger partial charge is 0.339 e. The summed E-state index contributed by atoms with van der Waals surface area (Å²) < 4.78 is 38.3. The molecule has 2 heterocycles. The molecule has 1 aliphatic heterocycles. The molecule has 3 aromatic carbocycles.